The van der Waals surface area contributed by atoms with Crippen LogP contribution in [0.25, 0.3) is 0 Å². The van der Waals surface area contributed by atoms with Gasteiger partial charge in [0, 0.05) is 0 Å². The lowest BCUT2D eigenvalue weighted by molar-refractivity contribution is 0.350. The van der Waals surface area contributed by atoms with Crippen LogP contribution in [0.15, 0.2) is 34.8 Å². The van der Waals surface area contributed by atoms with Gasteiger partial charge in [-0.15, -0.1) is 0 Å². The summed E-state index contributed by atoms with van der Waals surface area (Å²) in [4.78, 5) is 0. The molecule has 0 saturated carbocycles. The molecule has 1 aromatic rings. The van der Waals surface area contributed by atoms with E-state index in [0.29, 0.717) is 6.61 Å². The first-order valence-corrected chi connectivity index (χ1v) is 6.13. The monoisotopic (exact) mass is 283 g/mol. The summed E-state index contributed by atoms with van der Waals surface area (Å²) in [6.45, 7) is 7.31. The molecule has 2 nitrogen and oxygen atoms in total. The van der Waals surface area contributed by atoms with Gasteiger partial charge in [0.25, 0.3) is 0 Å². The molecule has 16 heavy (non-hydrogen) atoms. The number of benzene rings is 1. The average molecular weight is 284 g/mol. The molecule has 1 aromatic carbocycles. The van der Waals surface area contributed by atoms with Crippen molar-refractivity contribution in [1.82, 2.24) is 5.32 Å². The van der Waals surface area contributed by atoms with Crippen LogP contribution in [0.5, 0.6) is 5.75 Å². The Morgan fingerprint density at radius 3 is 2.81 bits per heavy atom. The standard InChI is InChI=1S/C13H18BrNO/c1-10(2)9-16-13-5-4-11(6-7-15-3)8-12(13)14/h4-5,8,15H,1,6-7,9H2,2-3H3. The summed E-state index contributed by atoms with van der Waals surface area (Å²) in [5.41, 5.74) is 2.31. The fourth-order valence-electron chi connectivity index (χ4n) is 1.29. The maximum absolute atomic E-state index is 5.60. The molecule has 3 heteroatoms. The summed E-state index contributed by atoms with van der Waals surface area (Å²) in [5, 5.41) is 3.13. The van der Waals surface area contributed by atoms with Crippen molar-refractivity contribution in [3.8, 4) is 5.75 Å². The van der Waals surface area contributed by atoms with Gasteiger partial charge < -0.3 is 10.1 Å². The van der Waals surface area contributed by atoms with Crippen LogP contribution >= 0.6 is 15.9 Å². The highest BCUT2D eigenvalue weighted by Crippen LogP contribution is 2.26. The molecule has 0 radical (unpaired) electrons. The highest BCUT2D eigenvalue weighted by Gasteiger charge is 2.02. The Balaban J connectivity index is 2.63. The second-order valence-corrected chi connectivity index (χ2v) is 4.72. The van der Waals surface area contributed by atoms with Crippen molar-refractivity contribution in [3.63, 3.8) is 0 Å². The molecule has 0 amide bonds. The van der Waals surface area contributed by atoms with E-state index in [1.165, 1.54) is 5.56 Å². The molecule has 0 aliphatic rings. The fourth-order valence-corrected chi connectivity index (χ4v) is 1.83. The predicted molar refractivity (Wildman–Crippen MR) is 72.1 cm³/mol. The molecule has 0 spiro atoms. The topological polar surface area (TPSA) is 21.3 Å². The van der Waals surface area contributed by atoms with Crippen molar-refractivity contribution >= 4 is 15.9 Å². The minimum Gasteiger partial charge on any atom is -0.488 e. The highest BCUT2D eigenvalue weighted by molar-refractivity contribution is 9.10. The van der Waals surface area contributed by atoms with Gasteiger partial charge in [-0.1, -0.05) is 12.6 Å². The van der Waals surface area contributed by atoms with E-state index in [1.54, 1.807) is 0 Å². The zero-order chi connectivity index (χ0) is 12.0. The highest BCUT2D eigenvalue weighted by atomic mass is 79.9. The third-order valence-electron chi connectivity index (χ3n) is 2.13. The Bertz CT molecular complexity index is 363. The number of rotatable bonds is 6. The Labute approximate surface area is 106 Å². The SMILES string of the molecule is C=C(C)COc1ccc(CCNC)cc1Br. The number of halogens is 1. The Hall–Kier alpha value is -0.800. The van der Waals surface area contributed by atoms with E-state index in [0.717, 1.165) is 28.8 Å². The summed E-state index contributed by atoms with van der Waals surface area (Å²) in [6, 6.07) is 6.19. The van der Waals surface area contributed by atoms with E-state index >= 15 is 0 Å². The molecular weight excluding hydrogens is 266 g/mol. The van der Waals surface area contributed by atoms with Gasteiger partial charge in [0.05, 0.1) is 4.47 Å². The number of hydrogen-bond acceptors (Lipinski definition) is 2. The smallest absolute Gasteiger partial charge is 0.133 e. The molecule has 0 heterocycles. The van der Waals surface area contributed by atoms with E-state index in [-0.39, 0.29) is 0 Å². The van der Waals surface area contributed by atoms with Gasteiger partial charge in [-0.05, 0) is 66.1 Å². The maximum atomic E-state index is 5.60. The largest absolute Gasteiger partial charge is 0.488 e. The summed E-state index contributed by atoms with van der Waals surface area (Å²) in [6.07, 6.45) is 1.02. The molecule has 1 N–H and O–H groups in total. The lowest BCUT2D eigenvalue weighted by Crippen LogP contribution is -2.10. The molecule has 0 atom stereocenters. The second kappa shape index (κ2) is 6.71. The van der Waals surface area contributed by atoms with Crippen molar-refractivity contribution in [2.24, 2.45) is 0 Å². The van der Waals surface area contributed by atoms with Gasteiger partial charge in [-0.2, -0.15) is 0 Å². The van der Waals surface area contributed by atoms with Crippen LogP contribution < -0.4 is 10.1 Å². The quantitative estimate of drug-likeness (QED) is 0.810. The maximum Gasteiger partial charge on any atom is 0.133 e. The Kier molecular flexibility index (Phi) is 5.56. The van der Waals surface area contributed by atoms with Crippen LogP contribution in [0, 0.1) is 0 Å². The summed E-state index contributed by atoms with van der Waals surface area (Å²) < 4.78 is 6.60. The van der Waals surface area contributed by atoms with E-state index in [9.17, 15) is 0 Å². The molecule has 1 rings (SSSR count). The van der Waals surface area contributed by atoms with E-state index in [2.05, 4.69) is 40.0 Å². The van der Waals surface area contributed by atoms with Gasteiger partial charge >= 0.3 is 0 Å². The normalized spacial score (nSPS) is 10.2. The van der Waals surface area contributed by atoms with Gasteiger partial charge in [0.1, 0.15) is 12.4 Å². The van der Waals surface area contributed by atoms with Crippen LogP contribution in [0.3, 0.4) is 0 Å². The van der Waals surface area contributed by atoms with Gasteiger partial charge in [-0.25, -0.2) is 0 Å². The molecule has 0 bridgehead atoms. The minimum absolute atomic E-state index is 0.564. The zero-order valence-corrected chi connectivity index (χ0v) is 11.4. The molecule has 0 unspecified atom stereocenters. The lowest BCUT2D eigenvalue weighted by Gasteiger charge is -2.09. The minimum atomic E-state index is 0.564. The number of likely N-dealkylation sites (N-methyl/N-ethyl adjacent to an activating group) is 1. The van der Waals surface area contributed by atoms with Crippen molar-refractivity contribution in [2.45, 2.75) is 13.3 Å². The van der Waals surface area contributed by atoms with Crippen molar-refractivity contribution in [3.05, 3.63) is 40.4 Å². The number of hydrogen-bond donors (Lipinski definition) is 1. The summed E-state index contributed by atoms with van der Waals surface area (Å²) in [5.74, 6) is 0.871. The van der Waals surface area contributed by atoms with Crippen LogP contribution in [0.1, 0.15) is 12.5 Å². The van der Waals surface area contributed by atoms with Crippen LogP contribution in [0.4, 0.5) is 0 Å². The molecular formula is C13H18BrNO. The predicted octanol–water partition coefficient (Wildman–Crippen LogP) is 3.17. The Morgan fingerprint density at radius 1 is 1.50 bits per heavy atom. The second-order valence-electron chi connectivity index (χ2n) is 3.86. The van der Waals surface area contributed by atoms with Crippen molar-refractivity contribution in [2.75, 3.05) is 20.2 Å². The van der Waals surface area contributed by atoms with Gasteiger partial charge in [0.15, 0.2) is 0 Å². The molecule has 0 saturated heterocycles. The number of nitrogens with one attached hydrogen (secondary N) is 1. The van der Waals surface area contributed by atoms with Crippen molar-refractivity contribution < 1.29 is 4.74 Å². The van der Waals surface area contributed by atoms with Crippen LogP contribution in [-0.2, 0) is 6.42 Å². The van der Waals surface area contributed by atoms with Gasteiger partial charge in [0.2, 0.25) is 0 Å². The first kappa shape index (κ1) is 13.3. The fraction of sp³-hybridized carbons (Fsp3) is 0.385. The first-order valence-electron chi connectivity index (χ1n) is 5.33. The van der Waals surface area contributed by atoms with Crippen LogP contribution in [-0.4, -0.2) is 20.2 Å². The molecule has 88 valence electrons. The molecule has 0 aromatic heterocycles. The zero-order valence-electron chi connectivity index (χ0n) is 9.85. The summed E-state index contributed by atoms with van der Waals surface area (Å²) in [7, 11) is 1.96. The van der Waals surface area contributed by atoms with Crippen molar-refractivity contribution in [1.29, 1.82) is 0 Å². The third kappa shape index (κ3) is 4.37. The number of ether oxygens (including phenoxy) is 1. The van der Waals surface area contributed by atoms with Gasteiger partial charge in [-0.3, -0.25) is 0 Å². The average Bonchev–Trinajstić information content (AvgIpc) is 2.24. The van der Waals surface area contributed by atoms with E-state index < -0.39 is 0 Å². The molecule has 0 fully saturated rings. The Morgan fingerprint density at radius 2 is 2.25 bits per heavy atom. The molecule has 0 aliphatic carbocycles. The molecule has 0 aliphatic heterocycles. The third-order valence-corrected chi connectivity index (χ3v) is 2.75. The van der Waals surface area contributed by atoms with E-state index in [4.69, 9.17) is 4.74 Å². The first-order chi connectivity index (χ1) is 7.63. The van der Waals surface area contributed by atoms with E-state index in [1.807, 2.05) is 20.0 Å². The summed E-state index contributed by atoms with van der Waals surface area (Å²) >= 11 is 3.51. The van der Waals surface area contributed by atoms with Crippen LogP contribution in [0.2, 0.25) is 0 Å². The lowest BCUT2D eigenvalue weighted by atomic mass is 10.1.